The molecule has 4 nitrogen and oxygen atoms in total. The Hall–Kier alpha value is -2.11. The van der Waals surface area contributed by atoms with Crippen molar-refractivity contribution in [3.05, 3.63) is 64.4 Å². The summed E-state index contributed by atoms with van der Waals surface area (Å²) in [6.45, 7) is 3.93. The van der Waals surface area contributed by atoms with Crippen LogP contribution in [0.15, 0.2) is 42.5 Å². The number of halogens is 2. The van der Waals surface area contributed by atoms with E-state index in [0.29, 0.717) is 16.3 Å². The van der Waals surface area contributed by atoms with Crippen LogP contribution in [-0.2, 0) is 4.79 Å². The molecular formula is C21H24ClFN2O2. The van der Waals surface area contributed by atoms with Gasteiger partial charge in [-0.3, -0.25) is 9.69 Å². The summed E-state index contributed by atoms with van der Waals surface area (Å²) >= 11 is 6.27. The topological polar surface area (TPSA) is 41.6 Å². The highest BCUT2D eigenvalue weighted by atomic mass is 35.5. The molecule has 1 aliphatic rings. The molecule has 1 unspecified atom stereocenters. The molecule has 0 bridgehead atoms. The van der Waals surface area contributed by atoms with E-state index in [1.807, 2.05) is 31.2 Å². The van der Waals surface area contributed by atoms with E-state index < -0.39 is 0 Å². The van der Waals surface area contributed by atoms with Crippen molar-refractivity contribution in [1.82, 2.24) is 10.2 Å². The number of aryl methyl sites for hydroxylation is 1. The van der Waals surface area contributed by atoms with Crippen LogP contribution in [0.2, 0.25) is 5.02 Å². The lowest BCUT2D eigenvalue weighted by Crippen LogP contribution is -2.39. The van der Waals surface area contributed by atoms with E-state index in [0.717, 1.165) is 31.5 Å². The molecule has 2 aromatic carbocycles. The van der Waals surface area contributed by atoms with E-state index in [4.69, 9.17) is 16.3 Å². The second-order valence-corrected chi connectivity index (χ2v) is 7.21. The number of hydrogen-bond donors (Lipinski definition) is 1. The molecule has 1 fully saturated rings. The van der Waals surface area contributed by atoms with E-state index in [9.17, 15) is 9.18 Å². The van der Waals surface area contributed by atoms with Crippen LogP contribution in [0, 0.1) is 12.7 Å². The van der Waals surface area contributed by atoms with Crippen LogP contribution >= 0.6 is 11.6 Å². The van der Waals surface area contributed by atoms with Crippen LogP contribution < -0.4 is 10.1 Å². The van der Waals surface area contributed by atoms with Crippen LogP contribution in [0.5, 0.6) is 5.75 Å². The summed E-state index contributed by atoms with van der Waals surface area (Å²) in [6.07, 6.45) is 2.13. The maximum atomic E-state index is 14.4. The SMILES string of the molecule is Cc1ccc(OCC(=O)NCC(c2c(F)cccc2Cl)N2CCCC2)cc1. The molecule has 1 heterocycles. The third kappa shape index (κ3) is 5.21. The molecule has 27 heavy (non-hydrogen) atoms. The Labute approximate surface area is 164 Å². The quantitative estimate of drug-likeness (QED) is 0.773. The number of carbonyl (C=O) groups excluding carboxylic acids is 1. The number of ether oxygens (including phenoxy) is 1. The second-order valence-electron chi connectivity index (χ2n) is 6.80. The fraction of sp³-hybridized carbons (Fsp3) is 0.381. The number of benzene rings is 2. The van der Waals surface area contributed by atoms with E-state index in [1.54, 1.807) is 12.1 Å². The highest BCUT2D eigenvalue weighted by molar-refractivity contribution is 6.31. The number of rotatable bonds is 7. The monoisotopic (exact) mass is 390 g/mol. The lowest BCUT2D eigenvalue weighted by Gasteiger charge is -2.29. The molecule has 1 atom stereocenters. The number of carbonyl (C=O) groups is 1. The van der Waals surface area contributed by atoms with Crippen LogP contribution in [0.3, 0.4) is 0 Å². The van der Waals surface area contributed by atoms with E-state index in [2.05, 4.69) is 10.2 Å². The summed E-state index contributed by atoms with van der Waals surface area (Å²) in [7, 11) is 0. The Morgan fingerprint density at radius 2 is 1.93 bits per heavy atom. The maximum Gasteiger partial charge on any atom is 0.258 e. The molecule has 3 rings (SSSR count). The number of nitrogens with zero attached hydrogens (tertiary/aromatic N) is 1. The van der Waals surface area contributed by atoms with Gasteiger partial charge in [0.05, 0.1) is 6.04 Å². The van der Waals surface area contributed by atoms with Crippen LogP contribution in [0.1, 0.15) is 30.0 Å². The molecule has 0 radical (unpaired) electrons. The highest BCUT2D eigenvalue weighted by Crippen LogP contribution is 2.31. The Morgan fingerprint density at radius 1 is 1.22 bits per heavy atom. The van der Waals surface area contributed by atoms with Crippen molar-refractivity contribution in [3.8, 4) is 5.75 Å². The Morgan fingerprint density at radius 3 is 2.59 bits per heavy atom. The first-order valence-electron chi connectivity index (χ1n) is 9.18. The lowest BCUT2D eigenvalue weighted by molar-refractivity contribution is -0.123. The van der Waals surface area contributed by atoms with Crippen molar-refractivity contribution in [3.63, 3.8) is 0 Å². The first-order valence-corrected chi connectivity index (χ1v) is 9.56. The van der Waals surface area contributed by atoms with Crippen molar-refractivity contribution >= 4 is 17.5 Å². The minimum atomic E-state index is -0.343. The summed E-state index contributed by atoms with van der Waals surface area (Å²) in [4.78, 5) is 14.4. The summed E-state index contributed by atoms with van der Waals surface area (Å²) in [5.74, 6) is 0.0563. The third-order valence-corrected chi connectivity index (χ3v) is 5.13. The van der Waals surface area contributed by atoms with Crippen molar-refractivity contribution < 1.29 is 13.9 Å². The lowest BCUT2D eigenvalue weighted by atomic mass is 10.0. The standard InChI is InChI=1S/C21H24ClFN2O2/c1-15-7-9-16(10-8-15)27-14-20(26)24-13-19(25-11-2-3-12-25)21-17(22)5-4-6-18(21)23/h4-10,19H,2-3,11-14H2,1H3,(H,24,26). The highest BCUT2D eigenvalue weighted by Gasteiger charge is 2.28. The van der Waals surface area contributed by atoms with Crippen molar-refractivity contribution in [1.29, 1.82) is 0 Å². The summed E-state index contributed by atoms with van der Waals surface area (Å²) in [5.41, 5.74) is 1.57. The molecule has 0 spiro atoms. The molecule has 1 aliphatic heterocycles. The van der Waals surface area contributed by atoms with E-state index in [1.165, 1.54) is 6.07 Å². The zero-order valence-corrected chi connectivity index (χ0v) is 16.1. The predicted molar refractivity (Wildman–Crippen MR) is 105 cm³/mol. The maximum absolute atomic E-state index is 14.4. The van der Waals surface area contributed by atoms with Gasteiger partial charge in [-0.05, 0) is 57.1 Å². The smallest absolute Gasteiger partial charge is 0.258 e. The van der Waals surface area contributed by atoms with E-state index >= 15 is 0 Å². The molecule has 0 aliphatic carbocycles. The Balaban J connectivity index is 1.62. The molecule has 1 saturated heterocycles. The largest absolute Gasteiger partial charge is 0.484 e. The molecule has 1 N–H and O–H groups in total. The average molecular weight is 391 g/mol. The van der Waals surface area contributed by atoms with Gasteiger partial charge in [0.15, 0.2) is 6.61 Å². The van der Waals surface area contributed by atoms with Gasteiger partial charge < -0.3 is 10.1 Å². The van der Waals surface area contributed by atoms with Gasteiger partial charge in [0.2, 0.25) is 0 Å². The van der Waals surface area contributed by atoms with Crippen LogP contribution in [-0.4, -0.2) is 37.0 Å². The third-order valence-electron chi connectivity index (χ3n) is 4.80. The van der Waals surface area contributed by atoms with Gasteiger partial charge in [-0.25, -0.2) is 4.39 Å². The summed E-state index contributed by atoms with van der Waals surface area (Å²) < 4.78 is 19.9. The predicted octanol–water partition coefficient (Wildman–Crippen LogP) is 4.12. The summed E-state index contributed by atoms with van der Waals surface area (Å²) in [5, 5.41) is 3.25. The van der Waals surface area contributed by atoms with Crippen LogP contribution in [0.25, 0.3) is 0 Å². The fourth-order valence-electron chi connectivity index (χ4n) is 3.34. The molecule has 144 valence electrons. The molecule has 2 aromatic rings. The van der Waals surface area contributed by atoms with Gasteiger partial charge in [-0.2, -0.15) is 0 Å². The zero-order chi connectivity index (χ0) is 19.2. The second kappa shape index (κ2) is 9.20. The van der Waals surface area contributed by atoms with Gasteiger partial charge in [0.1, 0.15) is 11.6 Å². The van der Waals surface area contributed by atoms with Crippen molar-refractivity contribution in [2.24, 2.45) is 0 Å². The van der Waals surface area contributed by atoms with Gasteiger partial charge in [-0.15, -0.1) is 0 Å². The van der Waals surface area contributed by atoms with Gasteiger partial charge in [0, 0.05) is 17.1 Å². The number of amides is 1. The molecule has 1 amide bonds. The molecule has 0 saturated carbocycles. The van der Waals surface area contributed by atoms with Crippen molar-refractivity contribution in [2.45, 2.75) is 25.8 Å². The molecule has 0 aromatic heterocycles. The number of nitrogens with one attached hydrogen (secondary N) is 1. The zero-order valence-electron chi connectivity index (χ0n) is 15.4. The van der Waals surface area contributed by atoms with Gasteiger partial charge in [-0.1, -0.05) is 35.4 Å². The Kier molecular flexibility index (Phi) is 6.69. The van der Waals surface area contributed by atoms with Gasteiger partial charge in [0.25, 0.3) is 5.91 Å². The van der Waals surface area contributed by atoms with Crippen molar-refractivity contribution in [2.75, 3.05) is 26.2 Å². The van der Waals surface area contributed by atoms with Gasteiger partial charge >= 0.3 is 0 Å². The minimum Gasteiger partial charge on any atom is -0.484 e. The van der Waals surface area contributed by atoms with Crippen LogP contribution in [0.4, 0.5) is 4.39 Å². The first-order chi connectivity index (χ1) is 13.0. The normalized spacial score (nSPS) is 15.5. The number of hydrogen-bond acceptors (Lipinski definition) is 3. The summed E-state index contributed by atoms with van der Waals surface area (Å²) in [6, 6.07) is 11.9. The minimum absolute atomic E-state index is 0.0826. The molecule has 6 heteroatoms. The van der Waals surface area contributed by atoms with E-state index in [-0.39, 0.29) is 30.9 Å². The fourth-order valence-corrected chi connectivity index (χ4v) is 3.63. The Bertz CT molecular complexity index is 756. The first kappa shape index (κ1) is 19.6. The number of likely N-dealkylation sites (tertiary alicyclic amines) is 1. The average Bonchev–Trinajstić information content (AvgIpc) is 3.18. The molecular weight excluding hydrogens is 367 g/mol.